The van der Waals surface area contributed by atoms with E-state index in [0.29, 0.717) is 5.13 Å². The third-order valence-corrected chi connectivity index (χ3v) is 2.51. The monoisotopic (exact) mass is 190 g/mol. The Bertz CT molecular complexity index is 420. The Morgan fingerprint density at radius 1 is 1.38 bits per heavy atom. The van der Waals surface area contributed by atoms with Crippen molar-refractivity contribution in [3.63, 3.8) is 0 Å². The Morgan fingerprint density at radius 3 is 2.85 bits per heavy atom. The predicted molar refractivity (Wildman–Crippen MR) is 56.7 cm³/mol. The fourth-order valence-corrected chi connectivity index (χ4v) is 1.80. The van der Waals surface area contributed by atoms with E-state index < -0.39 is 0 Å². The van der Waals surface area contributed by atoms with Gasteiger partial charge in [0.15, 0.2) is 5.13 Å². The van der Waals surface area contributed by atoms with Gasteiger partial charge in [-0.2, -0.15) is 0 Å². The molecule has 0 aliphatic heterocycles. The number of nitrogens with zero attached hydrogens (tertiary/aromatic N) is 1. The zero-order valence-corrected chi connectivity index (χ0v) is 8.14. The van der Waals surface area contributed by atoms with Crippen molar-refractivity contribution in [1.82, 2.24) is 4.98 Å². The Balaban J connectivity index is 2.46. The molecule has 0 spiro atoms. The second-order valence-electron chi connectivity index (χ2n) is 2.94. The van der Waals surface area contributed by atoms with Crippen LogP contribution < -0.4 is 5.73 Å². The Hall–Kier alpha value is -1.35. The molecule has 2 rings (SSSR count). The van der Waals surface area contributed by atoms with Gasteiger partial charge < -0.3 is 5.73 Å². The number of aryl methyl sites for hydroxylation is 1. The van der Waals surface area contributed by atoms with Crippen molar-refractivity contribution in [2.45, 2.75) is 6.92 Å². The van der Waals surface area contributed by atoms with E-state index in [-0.39, 0.29) is 0 Å². The van der Waals surface area contributed by atoms with Crippen LogP contribution in [0.25, 0.3) is 11.3 Å². The van der Waals surface area contributed by atoms with E-state index in [2.05, 4.69) is 24.0 Å². The lowest BCUT2D eigenvalue weighted by molar-refractivity contribution is 1.39. The number of hydrogen-bond donors (Lipinski definition) is 1. The number of anilines is 1. The molecule has 1 aromatic heterocycles. The first kappa shape index (κ1) is 8.26. The van der Waals surface area contributed by atoms with Gasteiger partial charge in [-0.15, -0.1) is 11.3 Å². The summed E-state index contributed by atoms with van der Waals surface area (Å²) < 4.78 is 0. The average Bonchev–Trinajstić information content (AvgIpc) is 2.52. The lowest BCUT2D eigenvalue weighted by Crippen LogP contribution is -1.83. The molecule has 0 atom stereocenters. The van der Waals surface area contributed by atoms with Crippen LogP contribution in [0.4, 0.5) is 5.13 Å². The first-order valence-corrected chi connectivity index (χ1v) is 4.92. The van der Waals surface area contributed by atoms with E-state index in [9.17, 15) is 0 Å². The maximum absolute atomic E-state index is 5.56. The topological polar surface area (TPSA) is 38.9 Å². The van der Waals surface area contributed by atoms with Crippen LogP contribution in [0.15, 0.2) is 29.6 Å². The summed E-state index contributed by atoms with van der Waals surface area (Å²) in [5.41, 5.74) is 8.90. The van der Waals surface area contributed by atoms with E-state index in [1.807, 2.05) is 17.5 Å². The minimum absolute atomic E-state index is 0.622. The zero-order chi connectivity index (χ0) is 9.26. The van der Waals surface area contributed by atoms with Gasteiger partial charge in [0.05, 0.1) is 5.69 Å². The van der Waals surface area contributed by atoms with Gasteiger partial charge in [-0.05, 0) is 13.0 Å². The van der Waals surface area contributed by atoms with Crippen molar-refractivity contribution >= 4 is 16.5 Å². The smallest absolute Gasteiger partial charge is 0.180 e. The van der Waals surface area contributed by atoms with E-state index >= 15 is 0 Å². The number of thiazole rings is 1. The van der Waals surface area contributed by atoms with Crippen LogP contribution in [0, 0.1) is 6.92 Å². The molecule has 0 saturated carbocycles. The Labute approximate surface area is 81.1 Å². The van der Waals surface area contributed by atoms with Crippen molar-refractivity contribution < 1.29 is 0 Å². The van der Waals surface area contributed by atoms with Crippen LogP contribution in [0.1, 0.15) is 5.56 Å². The molecular formula is C10H10N2S. The second kappa shape index (κ2) is 3.18. The number of rotatable bonds is 1. The molecular weight excluding hydrogens is 180 g/mol. The van der Waals surface area contributed by atoms with E-state index in [1.165, 1.54) is 16.9 Å². The molecule has 0 bridgehead atoms. The highest BCUT2D eigenvalue weighted by atomic mass is 32.1. The molecule has 0 unspecified atom stereocenters. The molecule has 1 aromatic carbocycles. The van der Waals surface area contributed by atoms with Crippen LogP contribution in [-0.4, -0.2) is 4.98 Å². The van der Waals surface area contributed by atoms with Crippen LogP contribution in [-0.2, 0) is 0 Å². The molecule has 3 heteroatoms. The van der Waals surface area contributed by atoms with Crippen LogP contribution >= 0.6 is 11.3 Å². The third kappa shape index (κ3) is 1.70. The van der Waals surface area contributed by atoms with Crippen LogP contribution in [0.3, 0.4) is 0 Å². The van der Waals surface area contributed by atoms with Gasteiger partial charge in [0, 0.05) is 10.9 Å². The first-order chi connectivity index (χ1) is 6.25. The minimum Gasteiger partial charge on any atom is -0.375 e. The molecule has 66 valence electrons. The standard InChI is InChI=1S/C10H10N2S/c1-7-3-2-4-8(5-7)9-6-13-10(11)12-9/h2-6H,1H3,(H2,11,12). The van der Waals surface area contributed by atoms with E-state index in [1.54, 1.807) is 0 Å². The van der Waals surface area contributed by atoms with E-state index in [0.717, 1.165) is 11.3 Å². The fourth-order valence-electron chi connectivity index (χ4n) is 1.22. The van der Waals surface area contributed by atoms with Gasteiger partial charge in [0.2, 0.25) is 0 Å². The molecule has 13 heavy (non-hydrogen) atoms. The molecule has 2 N–H and O–H groups in total. The minimum atomic E-state index is 0.622. The van der Waals surface area contributed by atoms with Gasteiger partial charge >= 0.3 is 0 Å². The lowest BCUT2D eigenvalue weighted by atomic mass is 10.1. The molecule has 2 nitrogen and oxygen atoms in total. The highest BCUT2D eigenvalue weighted by Gasteiger charge is 2.01. The zero-order valence-electron chi connectivity index (χ0n) is 7.32. The molecule has 0 radical (unpaired) electrons. The number of nitrogen functional groups attached to an aromatic ring is 1. The largest absolute Gasteiger partial charge is 0.375 e. The second-order valence-corrected chi connectivity index (χ2v) is 3.83. The van der Waals surface area contributed by atoms with Gasteiger partial charge in [0.25, 0.3) is 0 Å². The number of nitrogens with two attached hydrogens (primary N) is 1. The molecule has 0 fully saturated rings. The van der Waals surface area contributed by atoms with Crippen molar-refractivity contribution in [3.8, 4) is 11.3 Å². The summed E-state index contributed by atoms with van der Waals surface area (Å²) in [7, 11) is 0. The van der Waals surface area contributed by atoms with Gasteiger partial charge in [-0.25, -0.2) is 4.98 Å². The van der Waals surface area contributed by atoms with Crippen molar-refractivity contribution in [1.29, 1.82) is 0 Å². The Kier molecular flexibility index (Phi) is 2.02. The predicted octanol–water partition coefficient (Wildman–Crippen LogP) is 2.70. The van der Waals surface area contributed by atoms with E-state index in [4.69, 9.17) is 5.73 Å². The van der Waals surface area contributed by atoms with Crippen molar-refractivity contribution in [3.05, 3.63) is 35.2 Å². The summed E-state index contributed by atoms with van der Waals surface area (Å²) in [5, 5.41) is 2.60. The highest BCUT2D eigenvalue weighted by Crippen LogP contribution is 2.23. The van der Waals surface area contributed by atoms with Crippen molar-refractivity contribution in [2.75, 3.05) is 5.73 Å². The number of aromatic nitrogens is 1. The summed E-state index contributed by atoms with van der Waals surface area (Å²) >= 11 is 1.47. The molecule has 1 heterocycles. The molecule has 2 aromatic rings. The van der Waals surface area contributed by atoms with Gasteiger partial charge in [-0.3, -0.25) is 0 Å². The fraction of sp³-hybridized carbons (Fsp3) is 0.100. The number of benzene rings is 1. The summed E-state index contributed by atoms with van der Waals surface area (Å²) in [6.45, 7) is 2.07. The summed E-state index contributed by atoms with van der Waals surface area (Å²) in [6, 6.07) is 8.25. The SMILES string of the molecule is Cc1cccc(-c2csc(N)n2)c1. The molecule has 0 saturated heterocycles. The molecule has 0 aliphatic carbocycles. The maximum Gasteiger partial charge on any atom is 0.180 e. The summed E-state index contributed by atoms with van der Waals surface area (Å²) in [4.78, 5) is 4.22. The van der Waals surface area contributed by atoms with Gasteiger partial charge in [0.1, 0.15) is 0 Å². The van der Waals surface area contributed by atoms with Crippen LogP contribution in [0.2, 0.25) is 0 Å². The molecule has 0 amide bonds. The quantitative estimate of drug-likeness (QED) is 0.751. The Morgan fingerprint density at radius 2 is 2.23 bits per heavy atom. The maximum atomic E-state index is 5.56. The normalized spacial score (nSPS) is 10.2. The number of hydrogen-bond acceptors (Lipinski definition) is 3. The molecule has 0 aliphatic rings. The van der Waals surface area contributed by atoms with Crippen LogP contribution in [0.5, 0.6) is 0 Å². The van der Waals surface area contributed by atoms with Crippen molar-refractivity contribution in [2.24, 2.45) is 0 Å². The third-order valence-electron chi connectivity index (χ3n) is 1.84. The summed E-state index contributed by atoms with van der Waals surface area (Å²) in [5.74, 6) is 0. The van der Waals surface area contributed by atoms with Gasteiger partial charge in [-0.1, -0.05) is 23.8 Å². The highest BCUT2D eigenvalue weighted by molar-refractivity contribution is 7.13. The first-order valence-electron chi connectivity index (χ1n) is 4.04. The lowest BCUT2D eigenvalue weighted by Gasteiger charge is -1.96. The summed E-state index contributed by atoms with van der Waals surface area (Å²) in [6.07, 6.45) is 0. The average molecular weight is 190 g/mol.